The van der Waals surface area contributed by atoms with E-state index in [0.717, 1.165) is 21.9 Å². The van der Waals surface area contributed by atoms with Crippen LogP contribution in [0.2, 0.25) is 5.02 Å². The van der Waals surface area contributed by atoms with Gasteiger partial charge in [-0.25, -0.2) is 9.78 Å². The number of hydrogen-bond donors (Lipinski definition) is 0. The maximum Gasteiger partial charge on any atom is 0.337 e. The van der Waals surface area contributed by atoms with Crippen LogP contribution in [0.15, 0.2) is 48.8 Å². The van der Waals surface area contributed by atoms with Crippen molar-refractivity contribution in [3.63, 3.8) is 0 Å². The number of imidazole rings is 1. The molecule has 21 heavy (non-hydrogen) atoms. The van der Waals surface area contributed by atoms with E-state index in [1.807, 2.05) is 34.9 Å². The van der Waals surface area contributed by atoms with Gasteiger partial charge in [0.05, 0.1) is 24.4 Å². The first-order valence-electron chi connectivity index (χ1n) is 6.46. The molecule has 0 radical (unpaired) electrons. The molecule has 106 valence electrons. The summed E-state index contributed by atoms with van der Waals surface area (Å²) in [7, 11) is 1.37. The van der Waals surface area contributed by atoms with E-state index in [1.54, 1.807) is 18.3 Å². The largest absolute Gasteiger partial charge is 0.465 e. The SMILES string of the molecule is COC(=O)c1ccn2c(Cc3ccc(Cl)cc3)ncc2c1. The minimum Gasteiger partial charge on any atom is -0.465 e. The number of carbonyl (C=O) groups excluding carboxylic acids is 1. The molecular weight excluding hydrogens is 288 g/mol. The van der Waals surface area contributed by atoms with Gasteiger partial charge in [0.1, 0.15) is 5.82 Å². The fraction of sp³-hybridized carbons (Fsp3) is 0.125. The Bertz CT molecular complexity index is 794. The molecule has 1 aromatic carbocycles. The number of rotatable bonds is 3. The van der Waals surface area contributed by atoms with E-state index in [4.69, 9.17) is 16.3 Å². The van der Waals surface area contributed by atoms with Gasteiger partial charge >= 0.3 is 5.97 Å². The van der Waals surface area contributed by atoms with Crippen molar-refractivity contribution < 1.29 is 9.53 Å². The van der Waals surface area contributed by atoms with Crippen molar-refractivity contribution in [2.45, 2.75) is 6.42 Å². The van der Waals surface area contributed by atoms with Crippen LogP contribution in [0.1, 0.15) is 21.7 Å². The smallest absolute Gasteiger partial charge is 0.337 e. The molecule has 0 aliphatic rings. The number of ether oxygens (including phenoxy) is 1. The molecule has 4 nitrogen and oxygen atoms in total. The summed E-state index contributed by atoms with van der Waals surface area (Å²) in [6.45, 7) is 0. The summed E-state index contributed by atoms with van der Waals surface area (Å²) < 4.78 is 6.68. The summed E-state index contributed by atoms with van der Waals surface area (Å²) in [5.41, 5.74) is 2.51. The maximum atomic E-state index is 11.5. The second kappa shape index (κ2) is 5.58. The number of benzene rings is 1. The van der Waals surface area contributed by atoms with Crippen molar-refractivity contribution in [1.29, 1.82) is 0 Å². The predicted molar refractivity (Wildman–Crippen MR) is 80.8 cm³/mol. The van der Waals surface area contributed by atoms with Crippen LogP contribution in [0.3, 0.4) is 0 Å². The van der Waals surface area contributed by atoms with Gasteiger partial charge in [0.15, 0.2) is 0 Å². The first-order valence-corrected chi connectivity index (χ1v) is 6.84. The fourth-order valence-corrected chi connectivity index (χ4v) is 2.34. The zero-order valence-electron chi connectivity index (χ0n) is 11.4. The van der Waals surface area contributed by atoms with Crippen molar-refractivity contribution in [1.82, 2.24) is 9.38 Å². The Balaban J connectivity index is 1.93. The second-order valence-corrected chi connectivity index (χ2v) is 5.12. The van der Waals surface area contributed by atoms with Crippen molar-refractivity contribution in [3.8, 4) is 0 Å². The van der Waals surface area contributed by atoms with Crippen LogP contribution in [-0.4, -0.2) is 22.5 Å². The van der Waals surface area contributed by atoms with Crippen molar-refractivity contribution in [3.05, 3.63) is 70.8 Å². The summed E-state index contributed by atoms with van der Waals surface area (Å²) in [6, 6.07) is 11.2. The van der Waals surface area contributed by atoms with Gasteiger partial charge in [-0.2, -0.15) is 0 Å². The van der Waals surface area contributed by atoms with Gasteiger partial charge in [0, 0.05) is 17.6 Å². The third kappa shape index (κ3) is 2.76. The first-order chi connectivity index (χ1) is 10.2. The van der Waals surface area contributed by atoms with Crippen LogP contribution >= 0.6 is 11.6 Å². The van der Waals surface area contributed by atoms with Crippen LogP contribution in [0.25, 0.3) is 5.52 Å². The van der Waals surface area contributed by atoms with Gasteiger partial charge in [0.25, 0.3) is 0 Å². The van der Waals surface area contributed by atoms with E-state index < -0.39 is 0 Å². The molecule has 3 rings (SSSR count). The van der Waals surface area contributed by atoms with Gasteiger partial charge in [-0.3, -0.25) is 0 Å². The summed E-state index contributed by atoms with van der Waals surface area (Å²) in [6.07, 6.45) is 4.28. The lowest BCUT2D eigenvalue weighted by Crippen LogP contribution is -2.02. The highest BCUT2D eigenvalue weighted by Gasteiger charge is 2.09. The van der Waals surface area contributed by atoms with Crippen LogP contribution < -0.4 is 0 Å². The summed E-state index contributed by atoms with van der Waals surface area (Å²) in [5, 5.41) is 0.717. The number of carbonyl (C=O) groups is 1. The molecule has 0 aliphatic carbocycles. The molecule has 0 amide bonds. The monoisotopic (exact) mass is 300 g/mol. The number of aromatic nitrogens is 2. The van der Waals surface area contributed by atoms with Gasteiger partial charge < -0.3 is 9.14 Å². The predicted octanol–water partition coefficient (Wildman–Crippen LogP) is 3.37. The third-order valence-corrected chi connectivity index (χ3v) is 3.56. The molecule has 0 fully saturated rings. The van der Waals surface area contributed by atoms with E-state index in [2.05, 4.69) is 4.98 Å². The first kappa shape index (κ1) is 13.6. The topological polar surface area (TPSA) is 43.6 Å². The van der Waals surface area contributed by atoms with E-state index in [-0.39, 0.29) is 5.97 Å². The molecule has 0 saturated carbocycles. The van der Waals surface area contributed by atoms with Crippen LogP contribution in [-0.2, 0) is 11.2 Å². The standard InChI is InChI=1S/C16H13ClN2O2/c1-21-16(20)12-6-7-19-14(9-12)10-18-15(19)8-11-2-4-13(17)5-3-11/h2-7,9-10H,8H2,1H3. The number of fused-ring (bicyclic) bond motifs is 1. The van der Waals surface area contributed by atoms with E-state index in [0.29, 0.717) is 12.0 Å². The summed E-state index contributed by atoms with van der Waals surface area (Å²) in [5.74, 6) is 0.557. The van der Waals surface area contributed by atoms with Gasteiger partial charge in [-0.1, -0.05) is 23.7 Å². The highest BCUT2D eigenvalue weighted by molar-refractivity contribution is 6.30. The van der Waals surface area contributed by atoms with Crippen LogP contribution in [0.5, 0.6) is 0 Å². The molecule has 0 atom stereocenters. The minimum atomic E-state index is -0.349. The lowest BCUT2D eigenvalue weighted by atomic mass is 10.1. The molecule has 2 heterocycles. The third-order valence-electron chi connectivity index (χ3n) is 3.31. The van der Waals surface area contributed by atoms with E-state index in [9.17, 15) is 4.79 Å². The number of pyridine rings is 1. The Morgan fingerprint density at radius 2 is 2.05 bits per heavy atom. The maximum absolute atomic E-state index is 11.5. The van der Waals surface area contributed by atoms with Crippen LogP contribution in [0.4, 0.5) is 0 Å². The van der Waals surface area contributed by atoms with Crippen molar-refractivity contribution in [2.75, 3.05) is 7.11 Å². The molecular formula is C16H13ClN2O2. The highest BCUT2D eigenvalue weighted by atomic mass is 35.5. The Morgan fingerprint density at radius 3 is 2.76 bits per heavy atom. The Labute approximate surface area is 126 Å². The van der Waals surface area contributed by atoms with Crippen LogP contribution in [0, 0.1) is 0 Å². The summed E-state index contributed by atoms with van der Waals surface area (Å²) >= 11 is 5.88. The lowest BCUT2D eigenvalue weighted by Gasteiger charge is -2.04. The molecule has 0 N–H and O–H groups in total. The van der Waals surface area contributed by atoms with E-state index in [1.165, 1.54) is 7.11 Å². The zero-order chi connectivity index (χ0) is 14.8. The fourth-order valence-electron chi connectivity index (χ4n) is 2.22. The van der Waals surface area contributed by atoms with E-state index >= 15 is 0 Å². The van der Waals surface area contributed by atoms with Gasteiger partial charge in [0.2, 0.25) is 0 Å². The van der Waals surface area contributed by atoms with Crippen molar-refractivity contribution in [2.24, 2.45) is 0 Å². The average molecular weight is 301 g/mol. The minimum absolute atomic E-state index is 0.349. The summed E-state index contributed by atoms with van der Waals surface area (Å²) in [4.78, 5) is 15.9. The Hall–Kier alpha value is -2.33. The molecule has 0 spiro atoms. The highest BCUT2D eigenvalue weighted by Crippen LogP contribution is 2.16. The molecule has 5 heteroatoms. The number of nitrogens with zero attached hydrogens (tertiary/aromatic N) is 2. The molecule has 2 aromatic heterocycles. The molecule has 0 unspecified atom stereocenters. The normalized spacial score (nSPS) is 10.8. The Morgan fingerprint density at radius 1 is 1.29 bits per heavy atom. The molecule has 0 saturated heterocycles. The van der Waals surface area contributed by atoms with Crippen molar-refractivity contribution >= 4 is 23.1 Å². The van der Waals surface area contributed by atoms with Gasteiger partial charge in [-0.05, 0) is 29.8 Å². The Kier molecular flexibility index (Phi) is 3.62. The quantitative estimate of drug-likeness (QED) is 0.697. The molecule has 0 aliphatic heterocycles. The zero-order valence-corrected chi connectivity index (χ0v) is 12.2. The molecule has 0 bridgehead atoms. The average Bonchev–Trinajstić information content (AvgIpc) is 2.91. The number of esters is 1. The lowest BCUT2D eigenvalue weighted by molar-refractivity contribution is 0.0600. The number of halogens is 1. The number of hydrogen-bond acceptors (Lipinski definition) is 3. The van der Waals surface area contributed by atoms with Gasteiger partial charge in [-0.15, -0.1) is 0 Å². The number of methoxy groups -OCH3 is 1. The molecule has 3 aromatic rings. The second-order valence-electron chi connectivity index (χ2n) is 4.68.